The standard InChI is InChI=1S/C27H50O4Si2/c1-9-10-11-12-13-16-20-25(30-32(3,4)5)21-17-14-15-18-22-26(31-33(6,7)8)23-19-24-27(28)29-2/h13-18,21-22,25-26H,9-12,19-20,23-24H2,1-8H3/b15-14-,16-13-,21-17+,22-18+. The van der Waals surface area contributed by atoms with Gasteiger partial charge in [0.15, 0.2) is 16.6 Å². The molecule has 33 heavy (non-hydrogen) atoms. The predicted molar refractivity (Wildman–Crippen MR) is 148 cm³/mol. The Bertz CT molecular complexity index is 625. The fraction of sp³-hybridized carbons (Fsp3) is 0.667. The molecule has 0 aliphatic heterocycles. The van der Waals surface area contributed by atoms with Crippen molar-refractivity contribution in [2.24, 2.45) is 0 Å². The van der Waals surface area contributed by atoms with E-state index in [4.69, 9.17) is 13.6 Å². The molecular formula is C27H50O4Si2. The summed E-state index contributed by atoms with van der Waals surface area (Å²) in [5.41, 5.74) is 0. The van der Waals surface area contributed by atoms with Gasteiger partial charge in [-0.05, 0) is 71.4 Å². The van der Waals surface area contributed by atoms with Crippen molar-refractivity contribution in [1.29, 1.82) is 0 Å². The van der Waals surface area contributed by atoms with Gasteiger partial charge in [-0.2, -0.15) is 0 Å². The Hall–Kier alpha value is -1.22. The number of allylic oxidation sites excluding steroid dienone is 5. The highest BCUT2D eigenvalue weighted by Crippen LogP contribution is 2.15. The van der Waals surface area contributed by atoms with Gasteiger partial charge < -0.3 is 13.6 Å². The van der Waals surface area contributed by atoms with Gasteiger partial charge in [0.05, 0.1) is 19.3 Å². The first-order valence-corrected chi connectivity index (χ1v) is 19.4. The van der Waals surface area contributed by atoms with Gasteiger partial charge in [0.2, 0.25) is 0 Å². The lowest BCUT2D eigenvalue weighted by Gasteiger charge is -2.24. The Labute approximate surface area is 206 Å². The van der Waals surface area contributed by atoms with Crippen LogP contribution in [0, 0.1) is 0 Å². The van der Waals surface area contributed by atoms with Crippen LogP contribution in [0.5, 0.6) is 0 Å². The number of hydrogen-bond acceptors (Lipinski definition) is 4. The van der Waals surface area contributed by atoms with Crippen LogP contribution in [0.4, 0.5) is 0 Å². The summed E-state index contributed by atoms with van der Waals surface area (Å²) in [6.07, 6.45) is 25.0. The Morgan fingerprint density at radius 1 is 0.788 bits per heavy atom. The van der Waals surface area contributed by atoms with Gasteiger partial charge in [-0.25, -0.2) is 0 Å². The summed E-state index contributed by atoms with van der Waals surface area (Å²) in [6, 6.07) is 0. The first-order valence-electron chi connectivity index (χ1n) is 12.6. The molecule has 0 radical (unpaired) electrons. The van der Waals surface area contributed by atoms with E-state index in [2.05, 4.69) is 76.6 Å². The molecule has 0 aliphatic carbocycles. The predicted octanol–water partition coefficient (Wildman–Crippen LogP) is 7.97. The zero-order chi connectivity index (χ0) is 25.2. The van der Waals surface area contributed by atoms with Gasteiger partial charge in [-0.15, -0.1) is 0 Å². The molecule has 0 heterocycles. The summed E-state index contributed by atoms with van der Waals surface area (Å²) < 4.78 is 17.3. The van der Waals surface area contributed by atoms with Crippen molar-refractivity contribution < 1.29 is 18.4 Å². The maximum atomic E-state index is 11.4. The monoisotopic (exact) mass is 494 g/mol. The van der Waals surface area contributed by atoms with E-state index in [1.807, 2.05) is 18.2 Å². The second-order valence-electron chi connectivity index (χ2n) is 10.4. The van der Waals surface area contributed by atoms with Crippen LogP contribution in [0.15, 0.2) is 48.6 Å². The average molecular weight is 495 g/mol. The fourth-order valence-electron chi connectivity index (χ4n) is 3.18. The number of carbonyl (C=O) groups excluding carboxylic acids is 1. The summed E-state index contributed by atoms with van der Waals surface area (Å²) in [5.74, 6) is -0.165. The van der Waals surface area contributed by atoms with Crippen LogP contribution in [-0.2, 0) is 18.4 Å². The molecule has 0 amide bonds. The van der Waals surface area contributed by atoms with Crippen molar-refractivity contribution in [3.8, 4) is 0 Å². The van der Waals surface area contributed by atoms with Crippen molar-refractivity contribution >= 4 is 22.6 Å². The van der Waals surface area contributed by atoms with Gasteiger partial charge in [0.25, 0.3) is 0 Å². The molecule has 0 saturated heterocycles. The number of hydrogen-bond donors (Lipinski definition) is 0. The lowest BCUT2D eigenvalue weighted by atomic mass is 10.1. The van der Waals surface area contributed by atoms with Crippen LogP contribution in [0.25, 0.3) is 0 Å². The van der Waals surface area contributed by atoms with Gasteiger partial charge in [-0.1, -0.05) is 68.4 Å². The van der Waals surface area contributed by atoms with E-state index in [-0.39, 0.29) is 18.2 Å². The minimum atomic E-state index is -1.67. The topological polar surface area (TPSA) is 44.8 Å². The van der Waals surface area contributed by atoms with E-state index < -0.39 is 16.6 Å². The second-order valence-corrected chi connectivity index (χ2v) is 19.3. The highest BCUT2D eigenvalue weighted by molar-refractivity contribution is 6.70. The summed E-state index contributed by atoms with van der Waals surface area (Å²) in [6.45, 7) is 15.5. The van der Waals surface area contributed by atoms with Gasteiger partial charge in [-0.3, -0.25) is 4.79 Å². The first kappa shape index (κ1) is 31.8. The maximum Gasteiger partial charge on any atom is 0.305 e. The zero-order valence-corrected chi connectivity index (χ0v) is 24.6. The molecule has 0 aliphatic rings. The van der Waals surface area contributed by atoms with Gasteiger partial charge in [0.1, 0.15) is 0 Å². The highest BCUT2D eigenvalue weighted by atomic mass is 28.4. The molecule has 0 rings (SSSR count). The number of unbranched alkanes of at least 4 members (excludes halogenated alkanes) is 3. The average Bonchev–Trinajstić information content (AvgIpc) is 2.70. The number of ether oxygens (including phenoxy) is 1. The van der Waals surface area contributed by atoms with E-state index >= 15 is 0 Å². The van der Waals surface area contributed by atoms with Crippen molar-refractivity contribution in [1.82, 2.24) is 0 Å². The molecule has 0 fully saturated rings. The summed E-state index contributed by atoms with van der Waals surface area (Å²) in [5, 5.41) is 0. The zero-order valence-electron chi connectivity index (χ0n) is 22.6. The third-order valence-electron chi connectivity index (χ3n) is 4.60. The van der Waals surface area contributed by atoms with E-state index in [9.17, 15) is 4.79 Å². The molecule has 0 bridgehead atoms. The Balaban J connectivity index is 4.82. The maximum absolute atomic E-state index is 11.4. The van der Waals surface area contributed by atoms with E-state index in [1.54, 1.807) is 0 Å². The molecular weight excluding hydrogens is 444 g/mol. The van der Waals surface area contributed by atoms with E-state index in [0.29, 0.717) is 6.42 Å². The molecule has 2 atom stereocenters. The smallest absolute Gasteiger partial charge is 0.305 e. The van der Waals surface area contributed by atoms with Crippen LogP contribution in [0.3, 0.4) is 0 Å². The van der Waals surface area contributed by atoms with Crippen LogP contribution >= 0.6 is 0 Å². The highest BCUT2D eigenvalue weighted by Gasteiger charge is 2.20. The molecule has 0 aromatic carbocycles. The third kappa shape index (κ3) is 22.3. The third-order valence-corrected chi connectivity index (χ3v) is 6.62. The largest absolute Gasteiger partial charge is 0.469 e. The van der Waals surface area contributed by atoms with E-state index in [0.717, 1.165) is 25.7 Å². The summed E-state index contributed by atoms with van der Waals surface area (Å²) in [4.78, 5) is 11.4. The minimum absolute atomic E-state index is 0.0239. The molecule has 4 nitrogen and oxygen atoms in total. The fourth-order valence-corrected chi connectivity index (χ4v) is 5.37. The molecule has 0 aromatic rings. The van der Waals surface area contributed by atoms with Crippen molar-refractivity contribution in [2.75, 3.05) is 7.11 Å². The lowest BCUT2D eigenvalue weighted by Crippen LogP contribution is -2.31. The van der Waals surface area contributed by atoms with Crippen molar-refractivity contribution in [2.45, 2.75) is 110 Å². The molecule has 190 valence electrons. The van der Waals surface area contributed by atoms with Crippen molar-refractivity contribution in [3.63, 3.8) is 0 Å². The Kier molecular flexibility index (Phi) is 17.5. The number of carbonyl (C=O) groups is 1. The number of methoxy groups -OCH3 is 1. The molecule has 6 heteroatoms. The molecule has 0 aromatic heterocycles. The van der Waals surface area contributed by atoms with Gasteiger partial charge in [0, 0.05) is 6.42 Å². The Morgan fingerprint density at radius 2 is 1.36 bits per heavy atom. The van der Waals surface area contributed by atoms with Crippen LogP contribution in [0.1, 0.15) is 58.3 Å². The van der Waals surface area contributed by atoms with Crippen LogP contribution < -0.4 is 0 Å². The lowest BCUT2D eigenvalue weighted by molar-refractivity contribution is -0.140. The minimum Gasteiger partial charge on any atom is -0.469 e. The number of esters is 1. The van der Waals surface area contributed by atoms with Gasteiger partial charge >= 0.3 is 5.97 Å². The van der Waals surface area contributed by atoms with E-state index in [1.165, 1.54) is 26.4 Å². The van der Waals surface area contributed by atoms with Crippen molar-refractivity contribution in [3.05, 3.63) is 48.6 Å². The summed E-state index contributed by atoms with van der Waals surface area (Å²) >= 11 is 0. The SMILES string of the molecule is CCCCC/C=C\CC(/C=C/C=C\C=C\C(CCCC(=O)OC)O[Si](C)(C)C)O[Si](C)(C)C. The molecule has 0 saturated carbocycles. The van der Waals surface area contributed by atoms with Crippen LogP contribution in [0.2, 0.25) is 39.3 Å². The molecule has 0 N–H and O–H groups in total. The quantitative estimate of drug-likeness (QED) is 0.0637. The Morgan fingerprint density at radius 3 is 1.91 bits per heavy atom. The number of rotatable bonds is 18. The molecule has 2 unspecified atom stereocenters. The van der Waals surface area contributed by atoms with Crippen LogP contribution in [-0.4, -0.2) is 41.9 Å². The second kappa shape index (κ2) is 18.2. The normalized spacial score (nSPS) is 15.3. The summed E-state index contributed by atoms with van der Waals surface area (Å²) in [7, 11) is -1.84. The first-order chi connectivity index (χ1) is 15.5. The molecule has 0 spiro atoms.